The van der Waals surface area contributed by atoms with Crippen LogP contribution < -0.4 is 0 Å². The highest BCUT2D eigenvalue weighted by molar-refractivity contribution is 6.08. The molecular formula is C19H19NO5. The molecule has 0 aromatic heterocycles. The summed E-state index contributed by atoms with van der Waals surface area (Å²) in [6, 6.07) is 8.52. The lowest BCUT2D eigenvalue weighted by atomic mass is 9.81. The second kappa shape index (κ2) is 6.10. The molecule has 1 heterocycles. The van der Waals surface area contributed by atoms with E-state index in [-0.39, 0.29) is 41.3 Å². The number of carbonyl (C=O) groups is 4. The summed E-state index contributed by atoms with van der Waals surface area (Å²) in [4.78, 5) is 50.0. The second-order valence-electron chi connectivity index (χ2n) is 7.10. The topological polar surface area (TPSA) is 80.8 Å². The van der Waals surface area contributed by atoms with Gasteiger partial charge in [0, 0.05) is 5.56 Å². The molecule has 1 saturated heterocycles. The Bertz CT molecular complexity index is 715. The lowest BCUT2D eigenvalue weighted by Gasteiger charge is -2.19. The van der Waals surface area contributed by atoms with Crippen LogP contribution >= 0.6 is 0 Å². The number of carbonyl (C=O) groups excluding carboxylic acids is 4. The van der Waals surface area contributed by atoms with Crippen LogP contribution in [0.4, 0.5) is 0 Å². The molecule has 4 rings (SSSR count). The maximum absolute atomic E-state index is 12.5. The number of likely N-dealkylation sites (tertiary alicyclic amines) is 1. The molecule has 2 bridgehead atoms. The second-order valence-corrected chi connectivity index (χ2v) is 7.10. The number of ether oxygens (including phenoxy) is 1. The van der Waals surface area contributed by atoms with E-state index in [0.29, 0.717) is 5.56 Å². The molecule has 1 aromatic carbocycles. The molecular weight excluding hydrogens is 322 g/mol. The molecule has 2 saturated carbocycles. The fourth-order valence-electron chi connectivity index (χ4n) is 4.65. The van der Waals surface area contributed by atoms with Gasteiger partial charge in [0.2, 0.25) is 11.8 Å². The SMILES string of the molecule is O=C(CN1C(=O)[C@@H]2[C@H]3CC[C@@H](C3)[C@@H]2C1=O)OCC(=O)c1ccccc1. The smallest absolute Gasteiger partial charge is 0.326 e. The molecule has 6 nitrogen and oxygen atoms in total. The molecule has 0 N–H and O–H groups in total. The molecule has 0 radical (unpaired) electrons. The summed E-state index contributed by atoms with van der Waals surface area (Å²) in [7, 11) is 0. The van der Waals surface area contributed by atoms with Crippen LogP contribution in [-0.2, 0) is 19.1 Å². The normalized spacial score (nSPS) is 29.8. The van der Waals surface area contributed by atoms with Crippen molar-refractivity contribution in [1.29, 1.82) is 0 Å². The first kappa shape index (κ1) is 16.0. The van der Waals surface area contributed by atoms with Crippen molar-refractivity contribution in [3.8, 4) is 0 Å². The molecule has 1 aliphatic heterocycles. The number of benzene rings is 1. The third-order valence-corrected chi connectivity index (χ3v) is 5.77. The van der Waals surface area contributed by atoms with E-state index in [1.165, 1.54) is 0 Å². The number of esters is 1. The quantitative estimate of drug-likeness (QED) is 0.460. The van der Waals surface area contributed by atoms with Crippen LogP contribution in [0.15, 0.2) is 30.3 Å². The summed E-state index contributed by atoms with van der Waals surface area (Å²) in [5.41, 5.74) is 0.453. The molecule has 2 amide bonds. The molecule has 3 fully saturated rings. The largest absolute Gasteiger partial charge is 0.456 e. The third kappa shape index (κ3) is 2.65. The van der Waals surface area contributed by atoms with Gasteiger partial charge in [-0.15, -0.1) is 0 Å². The molecule has 1 aromatic rings. The number of fused-ring (bicyclic) bond motifs is 5. The van der Waals surface area contributed by atoms with E-state index in [9.17, 15) is 19.2 Å². The summed E-state index contributed by atoms with van der Waals surface area (Å²) >= 11 is 0. The van der Waals surface area contributed by atoms with Crippen molar-refractivity contribution in [2.75, 3.05) is 13.2 Å². The fourth-order valence-corrected chi connectivity index (χ4v) is 4.65. The van der Waals surface area contributed by atoms with E-state index in [0.717, 1.165) is 24.2 Å². The van der Waals surface area contributed by atoms with Crippen LogP contribution in [-0.4, -0.2) is 41.6 Å². The van der Waals surface area contributed by atoms with E-state index in [2.05, 4.69) is 0 Å². The van der Waals surface area contributed by atoms with E-state index in [4.69, 9.17) is 4.74 Å². The number of ketones is 1. The number of Topliss-reactive ketones (excluding diaryl/α,β-unsaturated/α-hetero) is 1. The van der Waals surface area contributed by atoms with E-state index in [1.807, 2.05) is 0 Å². The maximum atomic E-state index is 12.5. The minimum Gasteiger partial charge on any atom is -0.456 e. The standard InChI is InChI=1S/C19H19NO5/c21-14(11-4-2-1-3-5-11)10-25-15(22)9-20-18(23)16-12-6-7-13(8-12)17(16)19(20)24/h1-5,12-13,16-17H,6-10H2/t12-,13-,16-,17+/m0/s1. The van der Waals surface area contributed by atoms with Gasteiger partial charge in [0.25, 0.3) is 0 Å². The summed E-state index contributed by atoms with van der Waals surface area (Å²) in [5.74, 6) is -1.45. The van der Waals surface area contributed by atoms with Crippen molar-refractivity contribution in [3.05, 3.63) is 35.9 Å². The zero-order valence-corrected chi connectivity index (χ0v) is 13.7. The van der Waals surface area contributed by atoms with Gasteiger partial charge in [-0.05, 0) is 31.1 Å². The first-order chi connectivity index (χ1) is 12.1. The Morgan fingerprint density at radius 3 is 2.20 bits per heavy atom. The number of hydrogen-bond donors (Lipinski definition) is 0. The molecule has 2 aliphatic carbocycles. The molecule has 0 unspecified atom stereocenters. The first-order valence-electron chi connectivity index (χ1n) is 8.65. The van der Waals surface area contributed by atoms with Gasteiger partial charge in [0.15, 0.2) is 12.4 Å². The van der Waals surface area contributed by atoms with Crippen molar-refractivity contribution < 1.29 is 23.9 Å². The third-order valence-electron chi connectivity index (χ3n) is 5.77. The highest BCUT2D eigenvalue weighted by Gasteiger charge is 2.61. The number of hydrogen-bond acceptors (Lipinski definition) is 5. The Morgan fingerprint density at radius 1 is 1.00 bits per heavy atom. The van der Waals surface area contributed by atoms with Crippen LogP contribution in [0.1, 0.15) is 29.6 Å². The first-order valence-corrected chi connectivity index (χ1v) is 8.65. The molecule has 3 aliphatic rings. The zero-order valence-electron chi connectivity index (χ0n) is 13.7. The fraction of sp³-hybridized carbons (Fsp3) is 0.474. The van der Waals surface area contributed by atoms with Crippen molar-refractivity contribution in [2.45, 2.75) is 19.3 Å². The van der Waals surface area contributed by atoms with E-state index >= 15 is 0 Å². The summed E-state index contributed by atoms with van der Waals surface area (Å²) in [5, 5.41) is 0. The number of imide groups is 1. The predicted molar refractivity (Wildman–Crippen MR) is 86.3 cm³/mol. The van der Waals surface area contributed by atoms with Crippen molar-refractivity contribution >= 4 is 23.6 Å². The van der Waals surface area contributed by atoms with Crippen molar-refractivity contribution in [2.24, 2.45) is 23.7 Å². The summed E-state index contributed by atoms with van der Waals surface area (Å²) in [6.45, 7) is -0.788. The van der Waals surface area contributed by atoms with Crippen LogP contribution in [0, 0.1) is 23.7 Å². The lowest BCUT2D eigenvalue weighted by Crippen LogP contribution is -2.38. The monoisotopic (exact) mass is 341 g/mol. The van der Waals surface area contributed by atoms with Gasteiger partial charge in [0.1, 0.15) is 6.54 Å². The molecule has 4 atom stereocenters. The van der Waals surface area contributed by atoms with Crippen LogP contribution in [0.25, 0.3) is 0 Å². The Kier molecular flexibility index (Phi) is 3.90. The van der Waals surface area contributed by atoms with Gasteiger partial charge < -0.3 is 4.74 Å². The van der Waals surface area contributed by atoms with Gasteiger partial charge in [0.05, 0.1) is 11.8 Å². The Morgan fingerprint density at radius 2 is 1.60 bits per heavy atom. The summed E-state index contributed by atoms with van der Waals surface area (Å²) in [6.07, 6.45) is 2.94. The Hall–Kier alpha value is -2.50. The lowest BCUT2D eigenvalue weighted by molar-refractivity contribution is -0.152. The van der Waals surface area contributed by atoms with Crippen molar-refractivity contribution in [1.82, 2.24) is 4.90 Å². The summed E-state index contributed by atoms with van der Waals surface area (Å²) < 4.78 is 4.97. The molecule has 0 spiro atoms. The van der Waals surface area contributed by atoms with Gasteiger partial charge >= 0.3 is 5.97 Å². The van der Waals surface area contributed by atoms with Crippen LogP contribution in [0.3, 0.4) is 0 Å². The van der Waals surface area contributed by atoms with Gasteiger partial charge in [-0.25, -0.2) is 0 Å². The highest BCUT2D eigenvalue weighted by Crippen LogP contribution is 2.56. The van der Waals surface area contributed by atoms with Gasteiger partial charge in [-0.2, -0.15) is 0 Å². The average molecular weight is 341 g/mol. The average Bonchev–Trinajstić information content (AvgIpc) is 3.30. The number of amides is 2. The maximum Gasteiger partial charge on any atom is 0.326 e. The van der Waals surface area contributed by atoms with E-state index < -0.39 is 19.1 Å². The predicted octanol–water partition coefficient (Wildman–Crippen LogP) is 1.44. The Balaban J connectivity index is 1.35. The zero-order chi connectivity index (χ0) is 17.6. The number of nitrogens with zero attached hydrogens (tertiary/aromatic N) is 1. The van der Waals surface area contributed by atoms with Crippen molar-refractivity contribution in [3.63, 3.8) is 0 Å². The molecule has 6 heteroatoms. The number of rotatable bonds is 5. The molecule has 130 valence electrons. The molecule has 25 heavy (non-hydrogen) atoms. The van der Waals surface area contributed by atoms with Crippen LogP contribution in [0.5, 0.6) is 0 Å². The van der Waals surface area contributed by atoms with Crippen LogP contribution in [0.2, 0.25) is 0 Å². The van der Waals surface area contributed by atoms with Gasteiger partial charge in [-0.3, -0.25) is 24.1 Å². The van der Waals surface area contributed by atoms with E-state index in [1.54, 1.807) is 30.3 Å². The Labute approximate surface area is 145 Å². The minimum atomic E-state index is -0.724. The minimum absolute atomic E-state index is 0.242. The van der Waals surface area contributed by atoms with Gasteiger partial charge in [-0.1, -0.05) is 30.3 Å². The highest BCUT2D eigenvalue weighted by atomic mass is 16.5.